The number of carbonyl (C=O) groups excluding carboxylic acids is 1. The lowest BCUT2D eigenvalue weighted by molar-refractivity contribution is 0.102. The first kappa shape index (κ1) is 16.7. The van der Waals surface area contributed by atoms with Crippen LogP contribution in [0.3, 0.4) is 0 Å². The van der Waals surface area contributed by atoms with Gasteiger partial charge in [-0.05, 0) is 48.5 Å². The monoisotopic (exact) mass is 341 g/mol. The van der Waals surface area contributed by atoms with E-state index in [1.807, 2.05) is 0 Å². The quantitative estimate of drug-likeness (QED) is 0.666. The van der Waals surface area contributed by atoms with Crippen molar-refractivity contribution in [3.8, 4) is 17.0 Å². The number of nitrogens with one attached hydrogen (secondary N) is 2. The van der Waals surface area contributed by atoms with Crippen LogP contribution >= 0.6 is 0 Å². The van der Waals surface area contributed by atoms with E-state index in [1.54, 1.807) is 36.4 Å². The molecular weight excluding hydrogens is 325 g/mol. The summed E-state index contributed by atoms with van der Waals surface area (Å²) < 4.78 is 18.1. The van der Waals surface area contributed by atoms with Gasteiger partial charge in [0.15, 0.2) is 0 Å². The average Bonchev–Trinajstić information content (AvgIpc) is 3.12. The molecule has 3 rings (SSSR count). The molecule has 3 aromatic rings. The highest BCUT2D eigenvalue weighted by Gasteiger charge is 2.12. The Morgan fingerprint density at radius 2 is 2.00 bits per heavy atom. The highest BCUT2D eigenvalue weighted by Crippen LogP contribution is 2.23. The minimum Gasteiger partial charge on any atom is -0.496 e. The van der Waals surface area contributed by atoms with Gasteiger partial charge in [0.1, 0.15) is 17.3 Å². The lowest BCUT2D eigenvalue weighted by Gasteiger charge is -2.09. The summed E-state index contributed by atoms with van der Waals surface area (Å²) >= 11 is 0. The minimum atomic E-state index is -0.380. The summed E-state index contributed by atoms with van der Waals surface area (Å²) in [5.41, 5.74) is 2.59. The van der Waals surface area contributed by atoms with Gasteiger partial charge in [0.05, 0.1) is 19.4 Å². The first-order valence-electron chi connectivity index (χ1n) is 7.51. The summed E-state index contributed by atoms with van der Waals surface area (Å²) in [4.78, 5) is 12.3. The van der Waals surface area contributed by atoms with Crippen LogP contribution in [0.4, 0.5) is 10.1 Å². The summed E-state index contributed by atoms with van der Waals surface area (Å²) in [6, 6.07) is 12.4. The van der Waals surface area contributed by atoms with Gasteiger partial charge >= 0.3 is 0 Å². The summed E-state index contributed by atoms with van der Waals surface area (Å²) in [5.74, 6) is -0.174. The van der Waals surface area contributed by atoms with Crippen LogP contribution in [-0.2, 0) is 6.61 Å². The van der Waals surface area contributed by atoms with Crippen molar-refractivity contribution in [2.75, 3.05) is 12.4 Å². The van der Waals surface area contributed by atoms with E-state index in [-0.39, 0.29) is 24.0 Å². The Balaban J connectivity index is 1.77. The van der Waals surface area contributed by atoms with E-state index in [4.69, 9.17) is 4.74 Å². The number of aliphatic hydroxyl groups is 1. The first-order chi connectivity index (χ1) is 12.1. The standard InChI is InChI=1S/C18H16FN3O3/c1-25-17-7-6-14(8-12(17)10-23)20-18(24)16-9-15(21-22-16)11-2-4-13(19)5-3-11/h2-9,23H,10H2,1H3,(H,20,24)(H,21,22). The first-order valence-corrected chi connectivity index (χ1v) is 7.51. The molecule has 6 nitrogen and oxygen atoms in total. The number of aromatic nitrogens is 2. The van der Waals surface area contributed by atoms with Crippen LogP contribution in [0.2, 0.25) is 0 Å². The number of amides is 1. The van der Waals surface area contributed by atoms with Gasteiger partial charge in [0.2, 0.25) is 0 Å². The number of nitrogens with zero attached hydrogens (tertiary/aromatic N) is 1. The second kappa shape index (κ2) is 7.14. The second-order valence-corrected chi connectivity index (χ2v) is 5.31. The highest BCUT2D eigenvalue weighted by atomic mass is 19.1. The molecule has 1 amide bonds. The summed E-state index contributed by atoms with van der Waals surface area (Å²) in [7, 11) is 1.51. The molecule has 2 aromatic carbocycles. The van der Waals surface area contributed by atoms with Crippen molar-refractivity contribution in [2.24, 2.45) is 0 Å². The zero-order valence-electron chi connectivity index (χ0n) is 13.4. The van der Waals surface area contributed by atoms with Crippen molar-refractivity contribution >= 4 is 11.6 Å². The van der Waals surface area contributed by atoms with Crippen molar-refractivity contribution in [1.82, 2.24) is 10.2 Å². The smallest absolute Gasteiger partial charge is 0.273 e. The molecule has 0 saturated carbocycles. The van der Waals surface area contributed by atoms with Gasteiger partial charge in [-0.25, -0.2) is 4.39 Å². The predicted octanol–water partition coefficient (Wildman–Crippen LogP) is 2.97. The Morgan fingerprint density at radius 1 is 1.24 bits per heavy atom. The maximum absolute atomic E-state index is 13.0. The normalized spacial score (nSPS) is 10.5. The zero-order chi connectivity index (χ0) is 17.8. The van der Waals surface area contributed by atoms with E-state index in [0.29, 0.717) is 28.3 Å². The van der Waals surface area contributed by atoms with Crippen LogP contribution in [0, 0.1) is 5.82 Å². The lowest BCUT2D eigenvalue weighted by Crippen LogP contribution is -2.12. The van der Waals surface area contributed by atoms with E-state index < -0.39 is 0 Å². The molecule has 0 aliphatic carbocycles. The van der Waals surface area contributed by atoms with Crippen LogP contribution < -0.4 is 10.1 Å². The van der Waals surface area contributed by atoms with Crippen molar-refractivity contribution in [1.29, 1.82) is 0 Å². The molecule has 0 atom stereocenters. The fourth-order valence-electron chi connectivity index (χ4n) is 2.38. The SMILES string of the molecule is COc1ccc(NC(=O)c2cc(-c3ccc(F)cc3)n[nH]2)cc1CO. The molecule has 7 heteroatoms. The van der Waals surface area contributed by atoms with Crippen LogP contribution in [0.5, 0.6) is 5.75 Å². The topological polar surface area (TPSA) is 87.2 Å². The van der Waals surface area contributed by atoms with Crippen LogP contribution in [0.25, 0.3) is 11.3 Å². The Hall–Kier alpha value is -3.19. The number of H-pyrrole nitrogens is 1. The maximum Gasteiger partial charge on any atom is 0.273 e. The number of methoxy groups -OCH3 is 1. The fraction of sp³-hybridized carbons (Fsp3) is 0.111. The number of rotatable bonds is 5. The molecule has 1 aromatic heterocycles. The second-order valence-electron chi connectivity index (χ2n) is 5.31. The third-order valence-corrected chi connectivity index (χ3v) is 3.67. The molecule has 3 N–H and O–H groups in total. The number of aromatic amines is 1. The Kier molecular flexibility index (Phi) is 4.76. The van der Waals surface area contributed by atoms with Gasteiger partial charge in [-0.1, -0.05) is 0 Å². The van der Waals surface area contributed by atoms with Gasteiger partial charge in [0, 0.05) is 16.8 Å². The van der Waals surface area contributed by atoms with Crippen LogP contribution in [-0.4, -0.2) is 28.3 Å². The summed E-state index contributed by atoms with van der Waals surface area (Å²) in [6.07, 6.45) is 0. The van der Waals surface area contributed by atoms with E-state index in [9.17, 15) is 14.3 Å². The number of hydrogen-bond donors (Lipinski definition) is 3. The predicted molar refractivity (Wildman–Crippen MR) is 90.9 cm³/mol. The van der Waals surface area contributed by atoms with Gasteiger partial charge in [-0.2, -0.15) is 5.10 Å². The third-order valence-electron chi connectivity index (χ3n) is 3.67. The lowest BCUT2D eigenvalue weighted by atomic mass is 10.1. The van der Waals surface area contributed by atoms with Crippen molar-refractivity contribution in [2.45, 2.75) is 6.61 Å². The maximum atomic E-state index is 13.0. The number of halogens is 1. The molecule has 128 valence electrons. The van der Waals surface area contributed by atoms with Gasteiger partial charge in [0.25, 0.3) is 5.91 Å². The largest absolute Gasteiger partial charge is 0.496 e. The van der Waals surface area contributed by atoms with E-state index in [1.165, 1.54) is 19.2 Å². The van der Waals surface area contributed by atoms with Gasteiger partial charge in [-0.15, -0.1) is 0 Å². The molecule has 0 bridgehead atoms. The molecule has 25 heavy (non-hydrogen) atoms. The van der Waals surface area contributed by atoms with Crippen molar-refractivity contribution < 1.29 is 19.0 Å². The number of benzene rings is 2. The molecule has 0 spiro atoms. The number of hydrogen-bond acceptors (Lipinski definition) is 4. The van der Waals surface area contributed by atoms with Crippen LogP contribution in [0.15, 0.2) is 48.5 Å². The average molecular weight is 341 g/mol. The molecule has 0 aliphatic rings. The molecular formula is C18H16FN3O3. The van der Waals surface area contributed by atoms with Crippen LogP contribution in [0.1, 0.15) is 16.1 Å². The van der Waals surface area contributed by atoms with E-state index in [2.05, 4.69) is 15.5 Å². The number of aliphatic hydroxyl groups excluding tert-OH is 1. The molecule has 0 unspecified atom stereocenters. The zero-order valence-corrected chi connectivity index (χ0v) is 13.4. The highest BCUT2D eigenvalue weighted by molar-refractivity contribution is 6.03. The number of carbonyl (C=O) groups is 1. The molecule has 1 heterocycles. The van der Waals surface area contributed by atoms with E-state index in [0.717, 1.165) is 0 Å². The number of anilines is 1. The number of ether oxygens (including phenoxy) is 1. The molecule has 0 fully saturated rings. The fourth-order valence-corrected chi connectivity index (χ4v) is 2.38. The Bertz CT molecular complexity index is 891. The molecule has 0 aliphatic heterocycles. The summed E-state index contributed by atoms with van der Waals surface area (Å²) in [6.45, 7) is -0.203. The third kappa shape index (κ3) is 3.67. The van der Waals surface area contributed by atoms with Gasteiger partial charge in [-0.3, -0.25) is 9.89 Å². The Morgan fingerprint density at radius 3 is 2.68 bits per heavy atom. The van der Waals surface area contributed by atoms with E-state index >= 15 is 0 Å². The van der Waals surface area contributed by atoms with Crippen molar-refractivity contribution in [3.05, 3.63) is 65.6 Å². The van der Waals surface area contributed by atoms with Gasteiger partial charge < -0.3 is 15.2 Å². The Labute approximate surface area is 143 Å². The molecule has 0 radical (unpaired) electrons. The summed E-state index contributed by atoms with van der Waals surface area (Å²) in [5, 5.41) is 18.8. The molecule has 0 saturated heterocycles. The minimum absolute atomic E-state index is 0.203. The van der Waals surface area contributed by atoms with Crippen molar-refractivity contribution in [3.63, 3.8) is 0 Å².